The van der Waals surface area contributed by atoms with E-state index in [-0.39, 0.29) is 0 Å². The zero-order valence-electron chi connectivity index (χ0n) is 13.3. The average molecular weight is 310 g/mol. The van der Waals surface area contributed by atoms with E-state index in [9.17, 15) is 8.42 Å². The van der Waals surface area contributed by atoms with Crippen molar-refractivity contribution in [1.29, 1.82) is 0 Å². The van der Waals surface area contributed by atoms with Gasteiger partial charge in [-0.2, -0.15) is 0 Å². The van der Waals surface area contributed by atoms with Crippen LogP contribution in [0.3, 0.4) is 0 Å². The predicted molar refractivity (Wildman–Crippen MR) is 89.1 cm³/mol. The third-order valence-corrected chi connectivity index (χ3v) is 4.82. The lowest BCUT2D eigenvalue weighted by Crippen LogP contribution is -2.36. The van der Waals surface area contributed by atoms with Crippen molar-refractivity contribution in [3.63, 3.8) is 0 Å². The molecule has 0 saturated heterocycles. The highest BCUT2D eigenvalue weighted by atomic mass is 32.2. The smallest absolute Gasteiger partial charge is 0.229 e. The van der Waals surface area contributed by atoms with Crippen LogP contribution in [0.4, 0.5) is 11.4 Å². The second-order valence-electron chi connectivity index (χ2n) is 7.09. The minimum Gasteiger partial charge on any atom is -0.382 e. The molecular formula is C16H26N2O2S. The summed E-state index contributed by atoms with van der Waals surface area (Å²) in [5.74, 6) is 0.611. The molecule has 4 nitrogen and oxygen atoms in total. The zero-order chi connectivity index (χ0) is 15.7. The minimum atomic E-state index is -3.23. The van der Waals surface area contributed by atoms with Crippen LogP contribution in [0.2, 0.25) is 0 Å². The predicted octanol–water partition coefficient (Wildman–Crippen LogP) is 3.68. The Hall–Kier alpha value is -1.23. The quantitative estimate of drug-likeness (QED) is 0.892. The van der Waals surface area contributed by atoms with Crippen molar-refractivity contribution in [2.24, 2.45) is 11.3 Å². The van der Waals surface area contributed by atoms with Gasteiger partial charge in [0.2, 0.25) is 10.0 Å². The Morgan fingerprint density at radius 1 is 1.24 bits per heavy atom. The summed E-state index contributed by atoms with van der Waals surface area (Å²) in [4.78, 5) is 0. The number of rotatable bonds is 4. The summed E-state index contributed by atoms with van der Waals surface area (Å²) < 4.78 is 25.1. The summed E-state index contributed by atoms with van der Waals surface area (Å²) in [5.41, 5.74) is 2.00. The number of benzene rings is 1. The molecule has 1 saturated carbocycles. The van der Waals surface area contributed by atoms with Crippen LogP contribution in [-0.4, -0.2) is 20.7 Å². The molecule has 118 valence electrons. The number of anilines is 2. The van der Waals surface area contributed by atoms with Gasteiger partial charge in [-0.05, 0) is 48.8 Å². The third-order valence-electron chi connectivity index (χ3n) is 4.21. The molecule has 0 aromatic heterocycles. The Kier molecular flexibility index (Phi) is 4.51. The molecule has 1 aromatic carbocycles. The van der Waals surface area contributed by atoms with E-state index in [4.69, 9.17) is 0 Å². The van der Waals surface area contributed by atoms with Crippen LogP contribution in [0.1, 0.15) is 40.0 Å². The van der Waals surface area contributed by atoms with Gasteiger partial charge in [0, 0.05) is 11.7 Å². The zero-order valence-corrected chi connectivity index (χ0v) is 14.1. The maximum Gasteiger partial charge on any atom is 0.229 e. The number of hydrogen-bond donors (Lipinski definition) is 2. The molecule has 2 atom stereocenters. The average Bonchev–Trinajstić information content (AvgIpc) is 2.30. The van der Waals surface area contributed by atoms with E-state index < -0.39 is 10.0 Å². The minimum absolute atomic E-state index is 0.428. The highest BCUT2D eigenvalue weighted by Crippen LogP contribution is 2.39. The molecule has 21 heavy (non-hydrogen) atoms. The highest BCUT2D eigenvalue weighted by Gasteiger charge is 2.32. The van der Waals surface area contributed by atoms with Gasteiger partial charge in [0.15, 0.2) is 0 Å². The molecule has 0 spiro atoms. The topological polar surface area (TPSA) is 58.2 Å². The molecule has 0 heterocycles. The summed E-state index contributed by atoms with van der Waals surface area (Å²) in [6, 6.07) is 7.92. The van der Waals surface area contributed by atoms with Gasteiger partial charge in [0.05, 0.1) is 11.9 Å². The van der Waals surface area contributed by atoms with Crippen LogP contribution in [0.25, 0.3) is 0 Å². The van der Waals surface area contributed by atoms with Crippen molar-refractivity contribution in [2.45, 2.75) is 46.1 Å². The van der Waals surface area contributed by atoms with Crippen LogP contribution < -0.4 is 10.0 Å². The molecule has 2 unspecified atom stereocenters. The molecule has 1 aliphatic carbocycles. The Morgan fingerprint density at radius 3 is 2.52 bits per heavy atom. The van der Waals surface area contributed by atoms with Crippen molar-refractivity contribution < 1.29 is 8.42 Å². The molecule has 2 rings (SSSR count). The fourth-order valence-electron chi connectivity index (χ4n) is 3.26. The van der Waals surface area contributed by atoms with Gasteiger partial charge in [-0.15, -0.1) is 0 Å². The fourth-order valence-corrected chi connectivity index (χ4v) is 3.82. The monoisotopic (exact) mass is 310 g/mol. The molecule has 0 aliphatic heterocycles. The highest BCUT2D eigenvalue weighted by molar-refractivity contribution is 7.92. The van der Waals surface area contributed by atoms with E-state index in [2.05, 4.69) is 30.8 Å². The van der Waals surface area contributed by atoms with Gasteiger partial charge in [-0.3, -0.25) is 4.72 Å². The molecule has 0 radical (unpaired) electrons. The molecule has 0 amide bonds. The number of hydrogen-bond acceptors (Lipinski definition) is 3. The first-order valence-electron chi connectivity index (χ1n) is 7.49. The molecule has 1 aliphatic rings. The van der Waals surface area contributed by atoms with Crippen LogP contribution >= 0.6 is 0 Å². The lowest BCUT2D eigenvalue weighted by Gasteiger charge is -2.40. The van der Waals surface area contributed by atoms with Crippen LogP contribution in [0, 0.1) is 11.3 Å². The maximum absolute atomic E-state index is 11.3. The SMILES string of the molecule is CC1CC(C)(C)CCC1Nc1cccc(NS(C)(=O)=O)c1. The molecule has 1 fully saturated rings. The summed E-state index contributed by atoms with van der Waals surface area (Å²) in [7, 11) is -3.23. The van der Waals surface area contributed by atoms with Crippen LogP contribution in [-0.2, 0) is 10.0 Å². The normalized spacial score (nSPS) is 25.3. The van der Waals surface area contributed by atoms with Gasteiger partial charge < -0.3 is 5.32 Å². The Balaban J connectivity index is 2.05. The van der Waals surface area contributed by atoms with Gasteiger partial charge in [0.25, 0.3) is 0 Å². The number of sulfonamides is 1. The maximum atomic E-state index is 11.3. The summed E-state index contributed by atoms with van der Waals surface area (Å²) in [6.45, 7) is 6.95. The molecule has 2 N–H and O–H groups in total. The van der Waals surface area contributed by atoms with Crippen molar-refractivity contribution in [2.75, 3.05) is 16.3 Å². The lowest BCUT2D eigenvalue weighted by molar-refractivity contribution is 0.177. The van der Waals surface area contributed by atoms with Crippen molar-refractivity contribution >= 4 is 21.4 Å². The molecular weight excluding hydrogens is 284 g/mol. The fraction of sp³-hybridized carbons (Fsp3) is 0.625. The van der Waals surface area contributed by atoms with Gasteiger partial charge >= 0.3 is 0 Å². The van der Waals surface area contributed by atoms with E-state index >= 15 is 0 Å². The van der Waals surface area contributed by atoms with E-state index in [1.165, 1.54) is 19.1 Å². The van der Waals surface area contributed by atoms with Gasteiger partial charge in [-0.1, -0.05) is 26.8 Å². The third kappa shape index (κ3) is 4.92. The molecule has 5 heteroatoms. The van der Waals surface area contributed by atoms with E-state index in [1.807, 2.05) is 18.2 Å². The summed E-state index contributed by atoms with van der Waals surface area (Å²) in [6.07, 6.45) is 4.75. The number of nitrogens with one attached hydrogen (secondary N) is 2. The summed E-state index contributed by atoms with van der Waals surface area (Å²) in [5, 5.41) is 3.56. The molecule has 1 aromatic rings. The van der Waals surface area contributed by atoms with E-state index in [0.717, 1.165) is 12.1 Å². The van der Waals surface area contributed by atoms with Crippen molar-refractivity contribution in [1.82, 2.24) is 0 Å². The van der Waals surface area contributed by atoms with Crippen LogP contribution in [0.15, 0.2) is 24.3 Å². The van der Waals surface area contributed by atoms with Crippen LogP contribution in [0.5, 0.6) is 0 Å². The van der Waals surface area contributed by atoms with Crippen molar-refractivity contribution in [3.05, 3.63) is 24.3 Å². The Morgan fingerprint density at radius 2 is 1.90 bits per heavy atom. The first kappa shape index (κ1) is 16.1. The second kappa shape index (κ2) is 5.87. The van der Waals surface area contributed by atoms with Gasteiger partial charge in [-0.25, -0.2) is 8.42 Å². The Bertz CT molecular complexity index is 596. The van der Waals surface area contributed by atoms with E-state index in [1.54, 1.807) is 6.07 Å². The van der Waals surface area contributed by atoms with Gasteiger partial charge in [0.1, 0.15) is 0 Å². The molecule has 0 bridgehead atoms. The second-order valence-corrected chi connectivity index (χ2v) is 8.84. The first-order chi connectivity index (χ1) is 9.65. The summed E-state index contributed by atoms with van der Waals surface area (Å²) >= 11 is 0. The van der Waals surface area contributed by atoms with Crippen molar-refractivity contribution in [3.8, 4) is 0 Å². The first-order valence-corrected chi connectivity index (χ1v) is 9.38. The Labute approximate surface area is 128 Å². The standard InChI is InChI=1S/C16H26N2O2S/c1-12-11-16(2,3)9-8-15(12)17-13-6-5-7-14(10-13)18-21(4,19)20/h5-7,10,12,15,17-18H,8-9,11H2,1-4H3. The lowest BCUT2D eigenvalue weighted by atomic mass is 9.70. The largest absolute Gasteiger partial charge is 0.382 e. The van der Waals surface area contributed by atoms with E-state index in [0.29, 0.717) is 23.1 Å².